The molecule has 136 valence electrons. The Hall–Kier alpha value is -3.12. The van der Waals surface area contributed by atoms with Gasteiger partial charge in [0.2, 0.25) is 0 Å². The Bertz CT molecular complexity index is 1070. The number of piperazine rings is 1. The number of rotatable bonds is 3. The Morgan fingerprint density at radius 1 is 1.04 bits per heavy atom. The Morgan fingerprint density at radius 3 is 2.59 bits per heavy atom. The van der Waals surface area contributed by atoms with Crippen LogP contribution in [0, 0.1) is 0 Å². The molecule has 4 heterocycles. The summed E-state index contributed by atoms with van der Waals surface area (Å²) in [7, 11) is 1.90. The van der Waals surface area contributed by atoms with E-state index >= 15 is 0 Å². The van der Waals surface area contributed by atoms with Crippen molar-refractivity contribution in [3.63, 3.8) is 0 Å². The van der Waals surface area contributed by atoms with Gasteiger partial charge in [0.15, 0.2) is 5.58 Å². The zero-order valence-corrected chi connectivity index (χ0v) is 15.2. The van der Waals surface area contributed by atoms with Gasteiger partial charge in [0.25, 0.3) is 0 Å². The molecule has 0 unspecified atom stereocenters. The second-order valence-electron chi connectivity index (χ2n) is 6.88. The smallest absolute Gasteiger partial charge is 0.153 e. The van der Waals surface area contributed by atoms with E-state index in [0.29, 0.717) is 0 Å². The number of nitrogens with zero attached hydrogens (tertiary/aromatic N) is 4. The molecule has 0 radical (unpaired) electrons. The van der Waals surface area contributed by atoms with Crippen LogP contribution in [-0.4, -0.2) is 40.9 Å². The van der Waals surface area contributed by atoms with Gasteiger partial charge >= 0.3 is 0 Å². The van der Waals surface area contributed by atoms with Crippen LogP contribution in [0.4, 0.5) is 5.69 Å². The summed E-state index contributed by atoms with van der Waals surface area (Å²) in [5.41, 5.74) is 6.87. The van der Waals surface area contributed by atoms with E-state index in [0.717, 1.165) is 59.7 Å². The average molecular weight is 359 g/mol. The summed E-state index contributed by atoms with van der Waals surface area (Å²) in [6.07, 6.45) is 5.56. The van der Waals surface area contributed by atoms with E-state index in [1.54, 1.807) is 10.9 Å². The van der Waals surface area contributed by atoms with E-state index in [2.05, 4.69) is 50.6 Å². The van der Waals surface area contributed by atoms with E-state index in [9.17, 15) is 0 Å². The Labute approximate surface area is 157 Å². The third kappa shape index (κ3) is 2.98. The highest BCUT2D eigenvalue weighted by atomic mass is 16.3. The normalized spacial score (nSPS) is 14.8. The Morgan fingerprint density at radius 2 is 1.85 bits per heavy atom. The second kappa shape index (κ2) is 6.55. The number of fused-ring (bicyclic) bond motifs is 1. The lowest BCUT2D eigenvalue weighted by atomic mass is 10.1. The van der Waals surface area contributed by atoms with Gasteiger partial charge in [0.05, 0.1) is 11.3 Å². The van der Waals surface area contributed by atoms with Crippen molar-refractivity contribution in [1.29, 1.82) is 0 Å². The average Bonchev–Trinajstić information content (AvgIpc) is 3.34. The Balaban J connectivity index is 1.45. The molecule has 4 aromatic rings. The van der Waals surface area contributed by atoms with Crippen molar-refractivity contribution in [2.45, 2.75) is 0 Å². The number of nitrogens with one attached hydrogen (secondary N) is 1. The molecular formula is C21H21N5O. The predicted octanol–water partition coefficient (Wildman–Crippen LogP) is 3.30. The van der Waals surface area contributed by atoms with Crippen LogP contribution in [0.15, 0.2) is 59.5 Å². The van der Waals surface area contributed by atoms with Gasteiger partial charge in [-0.25, -0.2) is 0 Å². The monoisotopic (exact) mass is 359 g/mol. The molecule has 1 aliphatic heterocycles. The molecule has 0 saturated carbocycles. The molecule has 6 nitrogen and oxygen atoms in total. The lowest BCUT2D eigenvalue weighted by Crippen LogP contribution is -2.43. The van der Waals surface area contributed by atoms with Gasteiger partial charge in [-0.3, -0.25) is 9.67 Å². The maximum absolute atomic E-state index is 5.77. The lowest BCUT2D eigenvalue weighted by molar-refractivity contribution is 0.589. The van der Waals surface area contributed by atoms with Gasteiger partial charge in [-0.05, 0) is 29.8 Å². The molecule has 0 aliphatic carbocycles. The Kier molecular flexibility index (Phi) is 3.90. The number of aryl methyl sites for hydroxylation is 1. The number of anilines is 1. The van der Waals surface area contributed by atoms with Gasteiger partial charge < -0.3 is 14.6 Å². The topological polar surface area (TPSA) is 59.1 Å². The summed E-state index contributed by atoms with van der Waals surface area (Å²) in [5, 5.41) is 7.83. The number of pyridine rings is 1. The fourth-order valence-electron chi connectivity index (χ4n) is 3.60. The first-order valence-corrected chi connectivity index (χ1v) is 9.21. The first-order valence-electron chi connectivity index (χ1n) is 9.21. The highest BCUT2D eigenvalue weighted by molar-refractivity contribution is 5.91. The molecular weight excluding hydrogens is 338 g/mol. The molecule has 5 rings (SSSR count). The molecule has 1 N–H and O–H groups in total. The van der Waals surface area contributed by atoms with Gasteiger partial charge in [-0.2, -0.15) is 5.10 Å². The minimum absolute atomic E-state index is 0.777. The van der Waals surface area contributed by atoms with Crippen LogP contribution in [0.2, 0.25) is 0 Å². The summed E-state index contributed by atoms with van der Waals surface area (Å²) in [5.74, 6) is 0. The first-order chi connectivity index (χ1) is 13.3. The summed E-state index contributed by atoms with van der Waals surface area (Å²) < 4.78 is 7.55. The van der Waals surface area contributed by atoms with Crippen molar-refractivity contribution >= 4 is 16.8 Å². The van der Waals surface area contributed by atoms with Gasteiger partial charge in [0, 0.05) is 56.9 Å². The van der Waals surface area contributed by atoms with E-state index in [-0.39, 0.29) is 0 Å². The molecule has 0 spiro atoms. The van der Waals surface area contributed by atoms with Gasteiger partial charge in [-0.15, -0.1) is 0 Å². The zero-order chi connectivity index (χ0) is 18.2. The van der Waals surface area contributed by atoms with E-state index in [1.165, 1.54) is 5.69 Å². The third-order valence-corrected chi connectivity index (χ3v) is 5.08. The summed E-state index contributed by atoms with van der Waals surface area (Å²) in [4.78, 5) is 7.06. The predicted molar refractivity (Wildman–Crippen MR) is 107 cm³/mol. The summed E-state index contributed by atoms with van der Waals surface area (Å²) in [6.45, 7) is 4.18. The standard InChI is InChI=1S/C21H21N5O/c1-25-9-6-19(24-25)18-14-27-20-12-16(13-23-21(18)20)15-2-4-17(5-3-15)26-10-7-22-8-11-26/h2-6,9,12-14,22H,7-8,10-11H2,1H3. The summed E-state index contributed by atoms with van der Waals surface area (Å²) >= 11 is 0. The lowest BCUT2D eigenvalue weighted by Gasteiger charge is -2.29. The zero-order valence-electron chi connectivity index (χ0n) is 15.2. The van der Waals surface area contributed by atoms with Gasteiger partial charge in [0.1, 0.15) is 11.8 Å². The first kappa shape index (κ1) is 16.1. The minimum Gasteiger partial charge on any atom is -0.462 e. The molecule has 1 fully saturated rings. The van der Waals surface area contributed by atoms with Crippen LogP contribution < -0.4 is 10.2 Å². The van der Waals surface area contributed by atoms with Gasteiger partial charge in [-0.1, -0.05) is 12.1 Å². The molecule has 27 heavy (non-hydrogen) atoms. The van der Waals surface area contributed by atoms with Crippen molar-refractivity contribution in [1.82, 2.24) is 20.1 Å². The largest absolute Gasteiger partial charge is 0.462 e. The number of furan rings is 1. The number of aromatic nitrogens is 3. The molecule has 1 aromatic carbocycles. The quantitative estimate of drug-likeness (QED) is 0.608. The molecule has 1 aliphatic rings. The van der Waals surface area contributed by atoms with Crippen molar-refractivity contribution in [3.8, 4) is 22.4 Å². The van der Waals surface area contributed by atoms with Crippen LogP contribution in [0.1, 0.15) is 0 Å². The highest BCUT2D eigenvalue weighted by Gasteiger charge is 2.14. The van der Waals surface area contributed by atoms with Crippen LogP contribution >= 0.6 is 0 Å². The molecule has 0 bridgehead atoms. The fourth-order valence-corrected chi connectivity index (χ4v) is 3.60. The number of hydrogen-bond acceptors (Lipinski definition) is 5. The fraction of sp³-hybridized carbons (Fsp3) is 0.238. The maximum atomic E-state index is 5.77. The molecule has 3 aromatic heterocycles. The van der Waals surface area contributed by atoms with Crippen LogP contribution in [0.3, 0.4) is 0 Å². The SMILES string of the molecule is Cn1ccc(-c2coc3cc(-c4ccc(N5CCNCC5)cc4)cnc23)n1. The molecule has 6 heteroatoms. The van der Waals surface area contributed by atoms with Crippen molar-refractivity contribution < 1.29 is 4.42 Å². The van der Waals surface area contributed by atoms with Crippen LogP contribution in [-0.2, 0) is 7.05 Å². The van der Waals surface area contributed by atoms with E-state index < -0.39 is 0 Å². The third-order valence-electron chi connectivity index (χ3n) is 5.08. The molecule has 1 saturated heterocycles. The highest BCUT2D eigenvalue weighted by Crippen LogP contribution is 2.31. The number of benzene rings is 1. The van der Waals surface area contributed by atoms with Crippen molar-refractivity contribution in [2.24, 2.45) is 7.05 Å². The molecule has 0 amide bonds. The summed E-state index contributed by atoms with van der Waals surface area (Å²) in [6, 6.07) is 12.7. The minimum atomic E-state index is 0.777. The number of hydrogen-bond donors (Lipinski definition) is 1. The van der Waals surface area contributed by atoms with E-state index in [1.807, 2.05) is 25.5 Å². The van der Waals surface area contributed by atoms with E-state index in [4.69, 9.17) is 4.42 Å². The van der Waals surface area contributed by atoms with Crippen molar-refractivity contribution in [2.75, 3.05) is 31.1 Å². The van der Waals surface area contributed by atoms with Crippen LogP contribution in [0.5, 0.6) is 0 Å². The molecule has 0 atom stereocenters. The second-order valence-corrected chi connectivity index (χ2v) is 6.88. The van der Waals surface area contributed by atoms with Crippen molar-refractivity contribution in [3.05, 3.63) is 55.1 Å². The maximum Gasteiger partial charge on any atom is 0.153 e. The van der Waals surface area contributed by atoms with Crippen LogP contribution in [0.25, 0.3) is 33.5 Å².